The molecule has 47 heteroatoms. The Kier molecular flexibility index (Phi) is 38.6. The molecule has 6 heterocycles. The zero-order valence-corrected chi connectivity index (χ0v) is 65.1. The van der Waals surface area contributed by atoms with Gasteiger partial charge in [-0.1, -0.05) is 32.4 Å². The molecular formula is C71H119N9O38. The number of unbranched alkanes of at least 4 members (excludes halogenated alkanes) is 1. The summed E-state index contributed by atoms with van der Waals surface area (Å²) in [5.74, 6) is -6.88. The number of ether oxygens (including phenoxy) is 10. The van der Waals surface area contributed by atoms with Crippen molar-refractivity contribution in [3.8, 4) is 5.75 Å². The molecule has 6 saturated heterocycles. The molecule has 1 unspecified atom stereocenters. The Labute approximate surface area is 675 Å². The van der Waals surface area contributed by atoms with Crippen LogP contribution in [0.1, 0.15) is 84.6 Å². The molecule has 0 spiro atoms. The molecule has 0 radical (unpaired) electrons. The number of hydrogen-bond acceptors (Lipinski definition) is 40. The lowest BCUT2D eigenvalue weighted by Crippen LogP contribution is -2.66. The summed E-state index contributed by atoms with van der Waals surface area (Å²) in [4.78, 5) is 95.1. The molecular weight excluding hydrogens is 1590 g/mol. The second-order valence-corrected chi connectivity index (χ2v) is 30.3. The summed E-state index contributed by atoms with van der Waals surface area (Å²) in [7, 11) is 0. The van der Waals surface area contributed by atoms with Crippen molar-refractivity contribution >= 4 is 41.4 Å². The number of rotatable bonds is 41. The highest BCUT2D eigenvalue weighted by molar-refractivity contribution is 5.96. The fourth-order valence-electron chi connectivity index (χ4n) is 14.2. The minimum atomic E-state index is -2.08. The Morgan fingerprint density at radius 3 is 1.13 bits per heavy atom. The first-order valence-corrected chi connectivity index (χ1v) is 38.9. The summed E-state index contributed by atoms with van der Waals surface area (Å²) in [6.07, 6.45) is -53.1. The highest BCUT2D eigenvalue weighted by Gasteiger charge is 2.57. The normalized spacial score (nSPS) is 37.2. The molecule has 1 aromatic rings. The van der Waals surface area contributed by atoms with Gasteiger partial charge >= 0.3 is 0 Å². The topological polar surface area (TPSA) is 787 Å². The summed E-state index contributed by atoms with van der Waals surface area (Å²) < 4.78 is 56.2. The fraction of sp³-hybridized carbons (Fsp3) is 0.817. The maximum atomic E-state index is 14.1. The molecule has 0 bridgehead atoms. The first-order valence-electron chi connectivity index (χ1n) is 38.9. The van der Waals surface area contributed by atoms with Crippen molar-refractivity contribution in [2.45, 2.75) is 312 Å². The van der Waals surface area contributed by atoms with Crippen molar-refractivity contribution < 1.29 is 188 Å². The van der Waals surface area contributed by atoms with Gasteiger partial charge in [0.05, 0.1) is 63.9 Å². The van der Waals surface area contributed by atoms with Gasteiger partial charge in [-0.2, -0.15) is 0 Å². The number of nitrogens with one attached hydrogen (secondary N) is 6. The Hall–Kier alpha value is -5.97. The lowest BCUT2D eigenvalue weighted by atomic mass is 9.91. The van der Waals surface area contributed by atoms with Gasteiger partial charge < -0.3 is 204 Å². The highest BCUT2D eigenvalue weighted by atomic mass is 16.8. The molecule has 6 fully saturated rings. The van der Waals surface area contributed by atoms with Gasteiger partial charge in [0, 0.05) is 13.0 Å². The number of hydrogen-bond donors (Lipinski definition) is 30. The van der Waals surface area contributed by atoms with E-state index in [4.69, 9.17) is 64.6 Å². The van der Waals surface area contributed by atoms with Crippen LogP contribution in [0.25, 0.3) is 0 Å². The number of carbonyl (C=O) groups excluding carboxylic acids is 7. The number of carbonyl (C=O) groups is 7. The first-order chi connectivity index (χ1) is 55.8. The monoisotopic (exact) mass is 1710 g/mol. The zero-order valence-electron chi connectivity index (χ0n) is 65.1. The van der Waals surface area contributed by atoms with E-state index in [0.29, 0.717) is 12.0 Å². The molecule has 7 rings (SSSR count). The maximum Gasteiger partial charge on any atom is 0.243 e. The minimum Gasteiger partial charge on any atom is -0.508 e. The number of aliphatic hydroxyl groups excluding tert-OH is 20. The quantitative estimate of drug-likeness (QED) is 0.0271. The van der Waals surface area contributed by atoms with Crippen molar-refractivity contribution in [1.29, 1.82) is 0 Å². The highest BCUT2D eigenvalue weighted by Crippen LogP contribution is 2.37. The number of primary amides is 1. The summed E-state index contributed by atoms with van der Waals surface area (Å²) in [6.45, 7) is 0.599. The molecule has 6 aliphatic rings. The number of aliphatic hydroxyl groups is 20. The van der Waals surface area contributed by atoms with E-state index in [9.17, 15) is 141 Å². The van der Waals surface area contributed by atoms with Gasteiger partial charge in [-0.05, 0) is 82.4 Å². The lowest BCUT2D eigenvalue weighted by Gasteiger charge is -2.48. The molecule has 118 heavy (non-hydrogen) atoms. The van der Waals surface area contributed by atoms with Crippen molar-refractivity contribution in [2.24, 2.45) is 23.1 Å². The number of nitrogens with two attached hydrogens (primary N) is 3. The van der Waals surface area contributed by atoms with E-state index in [-0.39, 0.29) is 63.7 Å². The molecule has 47 nitrogen and oxygen atoms in total. The van der Waals surface area contributed by atoms with Gasteiger partial charge in [0.15, 0.2) is 25.2 Å². The van der Waals surface area contributed by atoms with E-state index in [2.05, 4.69) is 31.9 Å². The standard InChI is InChI=1S/C71H119N9O38/c1-5-25(2)42(80-65(106)31(73)14-16-35-44(89)50(95)58(39(22-84)110-35)116-71-56(101)52(97)60(41(24-86)114-71)118-69-54(99)48(93)46(91)37(20-82)112-69)67(108)77-27(4)63(104)79-33(18-28-9-11-29(87)12-10-28)66(107)76-26(3)62(103)78-32(61(74)102)8-6-7-17-75-64(105)30(72)13-15-34-43(88)49(94)57(38(21-83)109-34)115-70-55(100)51(96)59(40(23-85)113-70)117-68-53(98)47(92)45(90)36(19-81)111-68/h9-12,25-27,30-60,68-71,81-101H,5-8,13-24,72-73H2,1-4H3,(H2,74,102)(H,75,105)(H,76,107)(H,77,108)(H,78,103)(H,79,104)(H,80,106)/t25?,26-,27-,30+,31+,32-,33-,34-,35-,36+,37+,38+,39+,40+,41+,42-,43-,44-,45-,46-,47-,48-,49+,50+,51+,52+,53+,54+,55+,56+,57+,58+,59-,60-,68+,69+,70-,71-/m0/s1. The number of phenolic OH excluding ortho intramolecular Hbond substituents is 1. The first kappa shape index (κ1) is 99.1. The second-order valence-electron chi connectivity index (χ2n) is 30.3. The third-order valence-corrected chi connectivity index (χ3v) is 21.8. The van der Waals surface area contributed by atoms with E-state index < -0.39 is 313 Å². The number of benzene rings is 1. The van der Waals surface area contributed by atoms with Crippen LogP contribution in [0.15, 0.2) is 24.3 Å². The summed E-state index contributed by atoms with van der Waals surface area (Å²) in [5, 5.41) is 236. The molecule has 1 aromatic carbocycles. The van der Waals surface area contributed by atoms with Crippen molar-refractivity contribution in [2.75, 3.05) is 46.2 Å². The van der Waals surface area contributed by atoms with Gasteiger partial charge in [0.2, 0.25) is 41.4 Å². The molecule has 0 aliphatic carbocycles. The van der Waals surface area contributed by atoms with Gasteiger partial charge in [-0.15, -0.1) is 0 Å². The number of phenols is 1. The largest absolute Gasteiger partial charge is 0.508 e. The van der Waals surface area contributed by atoms with E-state index in [0.717, 1.165) is 0 Å². The van der Waals surface area contributed by atoms with Crippen LogP contribution >= 0.6 is 0 Å². The van der Waals surface area contributed by atoms with Crippen LogP contribution in [-0.4, -0.2) is 421 Å². The third kappa shape index (κ3) is 25.2. The molecule has 7 amide bonds. The average Bonchev–Trinajstić information content (AvgIpc) is 0.777. The lowest BCUT2D eigenvalue weighted by molar-refractivity contribution is -0.373. The second kappa shape index (κ2) is 46.0. The van der Waals surface area contributed by atoms with Crippen LogP contribution in [0.3, 0.4) is 0 Å². The number of amides is 7. The zero-order chi connectivity index (χ0) is 87.6. The number of aromatic hydroxyl groups is 1. The van der Waals surface area contributed by atoms with Gasteiger partial charge in [0.1, 0.15) is 182 Å². The van der Waals surface area contributed by atoms with E-state index in [1.165, 1.54) is 38.1 Å². The van der Waals surface area contributed by atoms with E-state index in [1.807, 2.05) is 0 Å². The average molecular weight is 1710 g/mol. The van der Waals surface area contributed by atoms with Crippen LogP contribution in [0.5, 0.6) is 5.75 Å². The van der Waals surface area contributed by atoms with Crippen molar-refractivity contribution in [3.63, 3.8) is 0 Å². The Balaban J connectivity index is 0.841. The van der Waals surface area contributed by atoms with E-state index >= 15 is 0 Å². The van der Waals surface area contributed by atoms with Crippen LogP contribution in [0, 0.1) is 5.92 Å². The predicted molar refractivity (Wildman–Crippen MR) is 391 cm³/mol. The Morgan fingerprint density at radius 2 is 0.737 bits per heavy atom. The minimum absolute atomic E-state index is 0.00846. The van der Waals surface area contributed by atoms with Crippen molar-refractivity contribution in [3.05, 3.63) is 29.8 Å². The third-order valence-electron chi connectivity index (χ3n) is 21.8. The molecule has 0 aromatic heterocycles. The SMILES string of the molecule is CCC(C)[C@H](NC(=O)[C@H](N)CC[C@@H]1O[C@H](CO)[C@@H](O[C@@H]2O[C@H](CO)[C@H](O[C@H]3O[C@H](CO)[C@H](O)[C@H](O)[C@H]3O)[C@H](O)[C@H]2O)[C@H](O)[C@H]1O)C(=O)N[C@@H](C)C(=O)N[C@@H](Cc1ccc(O)cc1)C(=O)N[C@@H](C)C(=O)N[C@@H](CCCCNC(=O)[C@H](N)CC[C@@H]1O[C@H](CO)[C@@H](O[C@@H]2O[C@H](CO)[C@H](O[C@H]3O[C@H](CO)[C@H](O)[C@H](O)[C@H]3O)[C@H](O)[C@H]2O)[C@H](O)[C@H]1O)C(N)=O. The fourth-order valence-corrected chi connectivity index (χ4v) is 14.2. The van der Waals surface area contributed by atoms with Crippen LogP contribution in [0.4, 0.5) is 0 Å². The van der Waals surface area contributed by atoms with Gasteiger partial charge in [-0.25, -0.2) is 0 Å². The predicted octanol–water partition coefficient (Wildman–Crippen LogP) is -15.6. The summed E-state index contributed by atoms with van der Waals surface area (Å²) in [5.41, 5.74) is 18.5. The molecule has 6 aliphatic heterocycles. The molecule has 676 valence electrons. The molecule has 33 N–H and O–H groups in total. The van der Waals surface area contributed by atoms with E-state index in [1.54, 1.807) is 13.8 Å². The van der Waals surface area contributed by atoms with Crippen LogP contribution in [0.2, 0.25) is 0 Å². The van der Waals surface area contributed by atoms with Gasteiger partial charge in [0.25, 0.3) is 0 Å². The van der Waals surface area contributed by atoms with Crippen LogP contribution in [-0.2, 0) is 87.4 Å². The van der Waals surface area contributed by atoms with Gasteiger partial charge in [-0.3, -0.25) is 33.6 Å². The molecule has 0 saturated carbocycles. The Morgan fingerprint density at radius 1 is 0.390 bits per heavy atom. The van der Waals surface area contributed by atoms with Crippen molar-refractivity contribution in [1.82, 2.24) is 31.9 Å². The maximum absolute atomic E-state index is 14.1. The smallest absolute Gasteiger partial charge is 0.243 e. The summed E-state index contributed by atoms with van der Waals surface area (Å²) >= 11 is 0. The Bertz CT molecular complexity index is 3310. The summed E-state index contributed by atoms with van der Waals surface area (Å²) in [6, 6.07) is -4.08. The van der Waals surface area contributed by atoms with Crippen LogP contribution < -0.4 is 49.1 Å². The molecule has 38 atom stereocenters.